The zero-order valence-electron chi connectivity index (χ0n) is 11.6. The number of nitrogens with two attached hydrogens (primary N) is 1. The molecule has 2 heterocycles. The van der Waals surface area contributed by atoms with Gasteiger partial charge in [-0.2, -0.15) is 0 Å². The van der Waals surface area contributed by atoms with Crippen LogP contribution in [0.15, 0.2) is 16.7 Å². The Labute approximate surface area is 126 Å². The average Bonchev–Trinajstić information content (AvgIpc) is 2.80. The molecule has 6 nitrogen and oxygen atoms in total. The molecular formula is C13H19BrN4O2. The first kappa shape index (κ1) is 15.1. The summed E-state index contributed by atoms with van der Waals surface area (Å²) in [5.74, 6) is -0.637. The first-order chi connectivity index (χ1) is 9.41. The van der Waals surface area contributed by atoms with Crippen molar-refractivity contribution in [3.8, 4) is 0 Å². The molecule has 0 bridgehead atoms. The first-order valence-electron chi connectivity index (χ1n) is 6.60. The van der Waals surface area contributed by atoms with E-state index in [4.69, 9.17) is 5.73 Å². The number of rotatable bonds is 3. The van der Waals surface area contributed by atoms with E-state index >= 15 is 0 Å². The molecule has 1 aromatic heterocycles. The lowest BCUT2D eigenvalue weighted by atomic mass is 10.1. The van der Waals surface area contributed by atoms with Crippen LogP contribution in [0.3, 0.4) is 0 Å². The molecule has 20 heavy (non-hydrogen) atoms. The zero-order valence-corrected chi connectivity index (χ0v) is 13.2. The normalized spacial score (nSPS) is 19.4. The van der Waals surface area contributed by atoms with Crippen LogP contribution >= 0.6 is 15.9 Å². The molecule has 2 amide bonds. The molecule has 0 spiro atoms. The van der Waals surface area contributed by atoms with E-state index in [9.17, 15) is 9.59 Å². The lowest BCUT2D eigenvalue weighted by Gasteiger charge is -2.34. The van der Waals surface area contributed by atoms with Gasteiger partial charge in [-0.15, -0.1) is 0 Å². The van der Waals surface area contributed by atoms with Gasteiger partial charge in [0.1, 0.15) is 11.7 Å². The molecule has 0 aliphatic carbocycles. The van der Waals surface area contributed by atoms with Crippen molar-refractivity contribution in [3.63, 3.8) is 0 Å². The van der Waals surface area contributed by atoms with Crippen molar-refractivity contribution in [1.82, 2.24) is 14.8 Å². The monoisotopic (exact) mass is 342 g/mol. The maximum absolute atomic E-state index is 12.7. The SMILES string of the molecule is CC(C)n1cc(Br)cc1C(=O)N1CCNCC1C(N)=O. The number of carbonyl (C=O) groups excluding carboxylic acids is 2. The molecule has 7 heteroatoms. The number of carbonyl (C=O) groups is 2. The number of halogens is 1. The van der Waals surface area contributed by atoms with Gasteiger partial charge in [-0.05, 0) is 35.8 Å². The molecule has 0 radical (unpaired) electrons. The number of primary amides is 1. The van der Waals surface area contributed by atoms with E-state index in [-0.39, 0.29) is 11.9 Å². The molecule has 1 fully saturated rings. The third-order valence-corrected chi connectivity index (χ3v) is 3.86. The van der Waals surface area contributed by atoms with E-state index in [1.807, 2.05) is 24.6 Å². The maximum atomic E-state index is 12.7. The minimum atomic E-state index is -0.592. The van der Waals surface area contributed by atoms with Gasteiger partial charge in [-0.25, -0.2) is 0 Å². The van der Waals surface area contributed by atoms with Gasteiger partial charge in [0.25, 0.3) is 5.91 Å². The summed E-state index contributed by atoms with van der Waals surface area (Å²) < 4.78 is 2.74. The average molecular weight is 343 g/mol. The van der Waals surface area contributed by atoms with Crippen LogP contribution in [-0.4, -0.2) is 47.0 Å². The van der Waals surface area contributed by atoms with Gasteiger partial charge in [-0.3, -0.25) is 9.59 Å². The number of amides is 2. The molecule has 1 saturated heterocycles. The molecule has 1 atom stereocenters. The van der Waals surface area contributed by atoms with Crippen LogP contribution in [0.4, 0.5) is 0 Å². The van der Waals surface area contributed by atoms with E-state index in [0.29, 0.717) is 25.3 Å². The largest absolute Gasteiger partial charge is 0.368 e. The van der Waals surface area contributed by atoms with Gasteiger partial charge in [0.05, 0.1) is 0 Å². The summed E-state index contributed by atoms with van der Waals surface area (Å²) in [6.07, 6.45) is 1.87. The van der Waals surface area contributed by atoms with Crippen molar-refractivity contribution in [2.45, 2.75) is 25.9 Å². The summed E-state index contributed by atoms with van der Waals surface area (Å²) >= 11 is 3.39. The highest BCUT2D eigenvalue weighted by atomic mass is 79.9. The predicted molar refractivity (Wildman–Crippen MR) is 79.4 cm³/mol. The number of aromatic nitrogens is 1. The van der Waals surface area contributed by atoms with Gasteiger partial charge in [0.2, 0.25) is 5.91 Å². The Morgan fingerprint density at radius 1 is 1.50 bits per heavy atom. The molecule has 3 N–H and O–H groups in total. The summed E-state index contributed by atoms with van der Waals surface area (Å²) in [5.41, 5.74) is 5.96. The lowest BCUT2D eigenvalue weighted by Crippen LogP contribution is -2.58. The number of hydrogen-bond donors (Lipinski definition) is 2. The molecule has 1 aliphatic rings. The topological polar surface area (TPSA) is 80.4 Å². The second-order valence-electron chi connectivity index (χ2n) is 5.17. The summed E-state index contributed by atoms with van der Waals surface area (Å²) in [6.45, 7) is 5.57. The fourth-order valence-electron chi connectivity index (χ4n) is 2.39. The minimum Gasteiger partial charge on any atom is -0.368 e. The zero-order chi connectivity index (χ0) is 14.9. The lowest BCUT2D eigenvalue weighted by molar-refractivity contribution is -0.122. The van der Waals surface area contributed by atoms with Crippen LogP contribution in [0.2, 0.25) is 0 Å². The Bertz CT molecular complexity index is 526. The number of nitrogens with one attached hydrogen (secondary N) is 1. The van der Waals surface area contributed by atoms with E-state index in [0.717, 1.165) is 4.47 Å². The van der Waals surface area contributed by atoms with Crippen LogP contribution in [0, 0.1) is 0 Å². The van der Waals surface area contributed by atoms with Crippen molar-refractivity contribution in [2.75, 3.05) is 19.6 Å². The Kier molecular flexibility index (Phi) is 4.49. The second kappa shape index (κ2) is 5.97. The van der Waals surface area contributed by atoms with Gasteiger partial charge < -0.3 is 20.5 Å². The molecule has 1 aromatic rings. The van der Waals surface area contributed by atoms with Gasteiger partial charge in [-0.1, -0.05) is 0 Å². The van der Waals surface area contributed by atoms with Gasteiger partial charge in [0, 0.05) is 36.3 Å². The van der Waals surface area contributed by atoms with E-state index < -0.39 is 11.9 Å². The van der Waals surface area contributed by atoms with Crippen LogP contribution in [0.5, 0.6) is 0 Å². The first-order valence-corrected chi connectivity index (χ1v) is 7.39. The highest BCUT2D eigenvalue weighted by molar-refractivity contribution is 9.10. The highest BCUT2D eigenvalue weighted by Crippen LogP contribution is 2.21. The van der Waals surface area contributed by atoms with Crippen LogP contribution in [0.25, 0.3) is 0 Å². The van der Waals surface area contributed by atoms with E-state index in [1.165, 1.54) is 0 Å². The third kappa shape index (κ3) is 2.88. The summed E-state index contributed by atoms with van der Waals surface area (Å²) in [6, 6.07) is 1.35. The number of hydrogen-bond acceptors (Lipinski definition) is 3. The maximum Gasteiger partial charge on any atom is 0.271 e. The Balaban J connectivity index is 2.32. The summed E-state index contributed by atoms with van der Waals surface area (Å²) in [4.78, 5) is 25.8. The molecule has 0 saturated carbocycles. The van der Waals surface area contributed by atoms with Gasteiger partial charge >= 0.3 is 0 Å². The predicted octanol–water partition coefficient (Wildman–Crippen LogP) is 0.731. The molecule has 2 rings (SSSR count). The van der Waals surface area contributed by atoms with Crippen molar-refractivity contribution in [3.05, 3.63) is 22.4 Å². The summed E-state index contributed by atoms with van der Waals surface area (Å²) in [7, 11) is 0. The number of nitrogens with zero attached hydrogens (tertiary/aromatic N) is 2. The van der Waals surface area contributed by atoms with E-state index in [2.05, 4.69) is 21.2 Å². The smallest absolute Gasteiger partial charge is 0.271 e. The van der Waals surface area contributed by atoms with Crippen molar-refractivity contribution >= 4 is 27.7 Å². The third-order valence-electron chi connectivity index (χ3n) is 3.42. The fraction of sp³-hybridized carbons (Fsp3) is 0.538. The Morgan fingerprint density at radius 3 is 2.80 bits per heavy atom. The minimum absolute atomic E-state index is 0.158. The van der Waals surface area contributed by atoms with Crippen molar-refractivity contribution in [1.29, 1.82) is 0 Å². The molecule has 0 aromatic carbocycles. The molecular weight excluding hydrogens is 324 g/mol. The molecule has 110 valence electrons. The van der Waals surface area contributed by atoms with Crippen molar-refractivity contribution < 1.29 is 9.59 Å². The van der Waals surface area contributed by atoms with Crippen LogP contribution < -0.4 is 11.1 Å². The molecule has 1 unspecified atom stereocenters. The summed E-state index contributed by atoms with van der Waals surface area (Å²) in [5, 5.41) is 3.08. The van der Waals surface area contributed by atoms with E-state index in [1.54, 1.807) is 11.0 Å². The molecule has 1 aliphatic heterocycles. The highest BCUT2D eigenvalue weighted by Gasteiger charge is 2.32. The Morgan fingerprint density at radius 2 is 2.20 bits per heavy atom. The Hall–Kier alpha value is -1.34. The fourth-order valence-corrected chi connectivity index (χ4v) is 2.83. The van der Waals surface area contributed by atoms with Crippen molar-refractivity contribution in [2.24, 2.45) is 5.73 Å². The number of piperazine rings is 1. The van der Waals surface area contributed by atoms with Gasteiger partial charge in [0.15, 0.2) is 0 Å². The van der Waals surface area contributed by atoms with Crippen LogP contribution in [0.1, 0.15) is 30.4 Å². The quantitative estimate of drug-likeness (QED) is 0.849. The standard InChI is InChI=1S/C13H19BrN4O2/c1-8(2)18-7-9(14)5-10(18)13(20)17-4-3-16-6-11(17)12(15)19/h5,7-8,11,16H,3-4,6H2,1-2H3,(H2,15,19). The van der Waals surface area contributed by atoms with Crippen LogP contribution in [-0.2, 0) is 4.79 Å². The second-order valence-corrected chi connectivity index (χ2v) is 6.08.